The second-order valence-electron chi connectivity index (χ2n) is 3.85. The van der Waals surface area contributed by atoms with Gasteiger partial charge in [-0.25, -0.2) is 0 Å². The van der Waals surface area contributed by atoms with Gasteiger partial charge in [0.1, 0.15) is 0 Å². The van der Waals surface area contributed by atoms with E-state index in [-0.39, 0.29) is 30.8 Å². The second kappa shape index (κ2) is 9.35. The van der Waals surface area contributed by atoms with E-state index in [0.717, 1.165) is 11.3 Å². The number of rotatable bonds is 6. The third-order valence-corrected chi connectivity index (χ3v) is 2.42. The standard InChI is InChI=1S/C13H18N2O3.ClH/c1-14-9-12(16)15-11-6-3-10(4-7-11)5-8-13(17)18-2;/h3-4,6-7,14H,5,8-9H2,1-2H3,(H,15,16);1H. The summed E-state index contributed by atoms with van der Waals surface area (Å²) in [6, 6.07) is 7.41. The van der Waals surface area contributed by atoms with Crippen molar-refractivity contribution in [1.29, 1.82) is 0 Å². The van der Waals surface area contributed by atoms with Gasteiger partial charge in [-0.05, 0) is 31.2 Å². The summed E-state index contributed by atoms with van der Waals surface area (Å²) in [6.07, 6.45) is 0.999. The second-order valence-corrected chi connectivity index (χ2v) is 3.85. The fourth-order valence-corrected chi connectivity index (χ4v) is 1.47. The van der Waals surface area contributed by atoms with Crippen LogP contribution in [0, 0.1) is 0 Å². The monoisotopic (exact) mass is 286 g/mol. The fourth-order valence-electron chi connectivity index (χ4n) is 1.47. The van der Waals surface area contributed by atoms with E-state index in [1.165, 1.54) is 7.11 Å². The van der Waals surface area contributed by atoms with Crippen molar-refractivity contribution in [3.8, 4) is 0 Å². The van der Waals surface area contributed by atoms with E-state index in [4.69, 9.17) is 0 Å². The molecule has 19 heavy (non-hydrogen) atoms. The first-order valence-corrected chi connectivity index (χ1v) is 5.76. The molecule has 0 atom stereocenters. The summed E-state index contributed by atoms with van der Waals surface area (Å²) in [5.74, 6) is -0.304. The minimum atomic E-state index is -0.221. The number of likely N-dealkylation sites (N-methyl/N-ethyl adjacent to an activating group) is 1. The maximum Gasteiger partial charge on any atom is 0.305 e. The van der Waals surface area contributed by atoms with Crippen LogP contribution in [-0.4, -0.2) is 32.6 Å². The molecule has 5 nitrogen and oxygen atoms in total. The molecule has 0 aliphatic heterocycles. The molecule has 0 saturated heterocycles. The molecule has 1 rings (SSSR count). The first kappa shape index (κ1) is 17.4. The summed E-state index contributed by atoms with van der Waals surface area (Å²) in [4.78, 5) is 22.3. The van der Waals surface area contributed by atoms with Crippen molar-refractivity contribution in [3.63, 3.8) is 0 Å². The number of hydrogen-bond acceptors (Lipinski definition) is 4. The molecule has 0 aliphatic carbocycles. The Labute approximate surface area is 119 Å². The number of benzene rings is 1. The quantitative estimate of drug-likeness (QED) is 0.775. The van der Waals surface area contributed by atoms with E-state index in [1.54, 1.807) is 7.05 Å². The third-order valence-electron chi connectivity index (χ3n) is 2.42. The summed E-state index contributed by atoms with van der Waals surface area (Å²) < 4.78 is 4.57. The van der Waals surface area contributed by atoms with E-state index in [0.29, 0.717) is 12.8 Å². The van der Waals surface area contributed by atoms with Gasteiger partial charge < -0.3 is 15.4 Å². The molecule has 0 aliphatic rings. The normalized spacial score (nSPS) is 9.37. The first-order chi connectivity index (χ1) is 8.65. The van der Waals surface area contributed by atoms with E-state index in [9.17, 15) is 9.59 Å². The average molecular weight is 287 g/mol. The van der Waals surface area contributed by atoms with Crippen molar-refractivity contribution < 1.29 is 14.3 Å². The molecule has 0 saturated carbocycles. The zero-order chi connectivity index (χ0) is 13.4. The summed E-state index contributed by atoms with van der Waals surface area (Å²) in [6.45, 7) is 0.282. The maximum absolute atomic E-state index is 11.3. The third kappa shape index (κ3) is 6.79. The van der Waals surface area contributed by atoms with Crippen LogP contribution >= 0.6 is 12.4 Å². The minimum Gasteiger partial charge on any atom is -0.469 e. The number of carbonyl (C=O) groups excluding carboxylic acids is 2. The highest BCUT2D eigenvalue weighted by molar-refractivity contribution is 5.92. The lowest BCUT2D eigenvalue weighted by molar-refractivity contribution is -0.140. The highest BCUT2D eigenvalue weighted by atomic mass is 35.5. The highest BCUT2D eigenvalue weighted by Gasteiger charge is 2.03. The van der Waals surface area contributed by atoms with Crippen LogP contribution in [0.25, 0.3) is 0 Å². The van der Waals surface area contributed by atoms with Gasteiger partial charge in [-0.2, -0.15) is 0 Å². The van der Waals surface area contributed by atoms with Crippen molar-refractivity contribution in [2.45, 2.75) is 12.8 Å². The maximum atomic E-state index is 11.3. The molecule has 0 radical (unpaired) electrons. The zero-order valence-corrected chi connectivity index (χ0v) is 11.9. The molecule has 106 valence electrons. The average Bonchev–Trinajstić information content (AvgIpc) is 2.37. The Hall–Kier alpha value is -1.59. The van der Waals surface area contributed by atoms with E-state index < -0.39 is 0 Å². The molecule has 2 N–H and O–H groups in total. The van der Waals surface area contributed by atoms with Gasteiger partial charge in [-0.15, -0.1) is 12.4 Å². The Morgan fingerprint density at radius 2 is 1.84 bits per heavy atom. The van der Waals surface area contributed by atoms with Crippen LogP contribution in [0.3, 0.4) is 0 Å². The molecule has 0 heterocycles. The van der Waals surface area contributed by atoms with E-state index >= 15 is 0 Å². The topological polar surface area (TPSA) is 67.4 Å². The SMILES string of the molecule is CNCC(=O)Nc1ccc(CCC(=O)OC)cc1.Cl. The lowest BCUT2D eigenvalue weighted by Gasteiger charge is -2.06. The van der Waals surface area contributed by atoms with Crippen LogP contribution in [0.5, 0.6) is 0 Å². The van der Waals surface area contributed by atoms with E-state index in [1.807, 2.05) is 24.3 Å². The van der Waals surface area contributed by atoms with Gasteiger partial charge in [0, 0.05) is 12.1 Å². The van der Waals surface area contributed by atoms with Crippen LogP contribution in [0.1, 0.15) is 12.0 Å². The molecular weight excluding hydrogens is 268 g/mol. The molecule has 1 aromatic rings. The minimum absolute atomic E-state index is 0. The summed E-state index contributed by atoms with van der Waals surface area (Å²) in [7, 11) is 3.10. The van der Waals surface area contributed by atoms with Gasteiger partial charge in [0.25, 0.3) is 0 Å². The van der Waals surface area contributed by atoms with Crippen molar-refractivity contribution >= 4 is 30.0 Å². The number of carbonyl (C=O) groups is 2. The summed E-state index contributed by atoms with van der Waals surface area (Å²) in [5.41, 5.74) is 1.78. The Morgan fingerprint density at radius 3 is 2.37 bits per heavy atom. The van der Waals surface area contributed by atoms with Crippen LogP contribution in [-0.2, 0) is 20.7 Å². The Kier molecular flexibility index (Phi) is 8.57. The Morgan fingerprint density at radius 1 is 1.21 bits per heavy atom. The van der Waals surface area contributed by atoms with Crippen molar-refractivity contribution in [3.05, 3.63) is 29.8 Å². The number of esters is 1. The molecular formula is C13H19ClN2O3. The number of hydrogen-bond donors (Lipinski definition) is 2. The smallest absolute Gasteiger partial charge is 0.305 e. The molecule has 0 unspecified atom stereocenters. The molecule has 6 heteroatoms. The molecule has 0 bridgehead atoms. The van der Waals surface area contributed by atoms with Crippen molar-refractivity contribution in [2.75, 3.05) is 26.0 Å². The Bertz CT molecular complexity index is 407. The number of aryl methyl sites for hydroxylation is 1. The van der Waals surface area contributed by atoms with Gasteiger partial charge in [0.15, 0.2) is 0 Å². The predicted molar refractivity (Wildman–Crippen MR) is 76.6 cm³/mol. The first-order valence-electron chi connectivity index (χ1n) is 5.76. The number of ether oxygens (including phenoxy) is 1. The highest BCUT2D eigenvalue weighted by Crippen LogP contribution is 2.11. The van der Waals surface area contributed by atoms with E-state index in [2.05, 4.69) is 15.4 Å². The van der Waals surface area contributed by atoms with Gasteiger partial charge in [0.2, 0.25) is 5.91 Å². The number of anilines is 1. The van der Waals surface area contributed by atoms with Crippen LogP contribution in [0.4, 0.5) is 5.69 Å². The summed E-state index contributed by atoms with van der Waals surface area (Å²) >= 11 is 0. The van der Waals surface area contributed by atoms with Gasteiger partial charge >= 0.3 is 5.97 Å². The number of amides is 1. The number of nitrogens with one attached hydrogen (secondary N) is 2. The number of methoxy groups -OCH3 is 1. The molecule has 1 amide bonds. The van der Waals surface area contributed by atoms with Crippen LogP contribution in [0.2, 0.25) is 0 Å². The van der Waals surface area contributed by atoms with Gasteiger partial charge in [0.05, 0.1) is 13.7 Å². The van der Waals surface area contributed by atoms with Gasteiger partial charge in [-0.3, -0.25) is 9.59 Å². The van der Waals surface area contributed by atoms with Gasteiger partial charge in [-0.1, -0.05) is 12.1 Å². The van der Waals surface area contributed by atoms with Crippen molar-refractivity contribution in [2.24, 2.45) is 0 Å². The fraction of sp³-hybridized carbons (Fsp3) is 0.385. The molecule has 0 aromatic heterocycles. The zero-order valence-electron chi connectivity index (χ0n) is 11.1. The largest absolute Gasteiger partial charge is 0.469 e. The Balaban J connectivity index is 0.00000324. The molecule has 0 fully saturated rings. The number of halogens is 1. The predicted octanol–water partition coefficient (Wildman–Crippen LogP) is 1.37. The summed E-state index contributed by atoms with van der Waals surface area (Å²) in [5, 5.41) is 5.53. The molecule has 0 spiro atoms. The lowest BCUT2D eigenvalue weighted by Crippen LogP contribution is -2.24. The lowest BCUT2D eigenvalue weighted by atomic mass is 10.1. The van der Waals surface area contributed by atoms with Crippen LogP contribution < -0.4 is 10.6 Å². The van der Waals surface area contributed by atoms with Crippen molar-refractivity contribution in [1.82, 2.24) is 5.32 Å². The molecule has 1 aromatic carbocycles. The van der Waals surface area contributed by atoms with Crippen LogP contribution in [0.15, 0.2) is 24.3 Å².